The second kappa shape index (κ2) is 18.9. The fourth-order valence-electron chi connectivity index (χ4n) is 4.77. The van der Waals surface area contributed by atoms with Crippen molar-refractivity contribution in [3.8, 4) is 0 Å². The van der Waals surface area contributed by atoms with Crippen molar-refractivity contribution in [1.29, 1.82) is 0 Å². The lowest BCUT2D eigenvalue weighted by molar-refractivity contribution is 0.156. The fourth-order valence-corrected chi connectivity index (χ4v) is 4.77. The van der Waals surface area contributed by atoms with Gasteiger partial charge in [0.05, 0.1) is 6.10 Å². The molecular weight excluding hydrogens is 342 g/mol. The highest BCUT2D eigenvalue weighted by Crippen LogP contribution is 2.22. The lowest BCUT2D eigenvalue weighted by Crippen LogP contribution is -2.40. The van der Waals surface area contributed by atoms with Crippen LogP contribution >= 0.6 is 0 Å². The van der Waals surface area contributed by atoms with Gasteiger partial charge in [-0.25, -0.2) is 0 Å². The molecule has 2 rings (SSSR count). The predicted octanol–water partition coefficient (Wildman–Crippen LogP) is 7.92. The number of nitrogens with one attached hydrogen (secondary N) is 1. The summed E-state index contributed by atoms with van der Waals surface area (Å²) in [6.45, 7) is 4.32. The number of hydrogen-bond donors (Lipinski definition) is 2. The van der Waals surface area contributed by atoms with Crippen LogP contribution in [-0.2, 0) is 0 Å². The summed E-state index contributed by atoms with van der Waals surface area (Å²) in [5, 5.41) is 13.2. The molecule has 0 bridgehead atoms. The van der Waals surface area contributed by atoms with Gasteiger partial charge in [0, 0.05) is 12.1 Å². The minimum absolute atomic E-state index is 0.0467. The molecule has 2 heteroatoms. The fraction of sp³-hybridized carbons (Fsp3) is 1.00. The maximum Gasteiger partial charge on any atom is 0.0537 e. The molecule has 0 aromatic heterocycles. The Morgan fingerprint density at radius 1 is 0.643 bits per heavy atom. The quantitative estimate of drug-likeness (QED) is 0.310. The maximum atomic E-state index is 9.36. The summed E-state index contributed by atoms with van der Waals surface area (Å²) < 4.78 is 0. The van der Waals surface area contributed by atoms with E-state index in [1.54, 1.807) is 0 Å². The second-order valence-corrected chi connectivity index (χ2v) is 9.52. The first-order valence-corrected chi connectivity index (χ1v) is 13.2. The molecular formula is C26H53NO. The molecule has 2 nitrogen and oxygen atoms in total. The van der Waals surface area contributed by atoms with Gasteiger partial charge in [-0.3, -0.25) is 0 Å². The molecule has 168 valence electrons. The molecule has 2 aliphatic rings. The average molecular weight is 396 g/mol. The lowest BCUT2D eigenvalue weighted by Gasteiger charge is -2.30. The van der Waals surface area contributed by atoms with Crippen LogP contribution in [0.15, 0.2) is 0 Å². The molecule has 2 aliphatic carbocycles. The monoisotopic (exact) mass is 395 g/mol. The molecule has 0 heterocycles. The molecule has 0 spiro atoms. The summed E-state index contributed by atoms with van der Waals surface area (Å²) in [6.07, 6.45) is 28.7. The Balaban J connectivity index is 0.000000281. The second-order valence-electron chi connectivity index (χ2n) is 9.52. The van der Waals surface area contributed by atoms with E-state index in [0.29, 0.717) is 0 Å². The van der Waals surface area contributed by atoms with Crippen molar-refractivity contribution in [2.24, 2.45) is 0 Å². The third-order valence-corrected chi connectivity index (χ3v) is 6.79. The van der Waals surface area contributed by atoms with E-state index in [2.05, 4.69) is 19.2 Å². The Morgan fingerprint density at radius 3 is 1.50 bits per heavy atom. The first-order chi connectivity index (χ1) is 13.8. The molecule has 0 saturated heterocycles. The van der Waals surface area contributed by atoms with Gasteiger partial charge in [-0.15, -0.1) is 0 Å². The number of rotatable bonds is 13. The first-order valence-electron chi connectivity index (χ1n) is 13.2. The van der Waals surface area contributed by atoms with E-state index in [4.69, 9.17) is 0 Å². The predicted molar refractivity (Wildman–Crippen MR) is 125 cm³/mol. The van der Waals surface area contributed by atoms with Crippen molar-refractivity contribution in [3.63, 3.8) is 0 Å². The van der Waals surface area contributed by atoms with Gasteiger partial charge >= 0.3 is 0 Å². The van der Waals surface area contributed by atoms with Crippen molar-refractivity contribution in [3.05, 3.63) is 0 Å². The van der Waals surface area contributed by atoms with E-state index in [-0.39, 0.29) is 6.10 Å². The van der Waals surface area contributed by atoms with E-state index in [9.17, 15) is 5.11 Å². The molecule has 0 aliphatic heterocycles. The van der Waals surface area contributed by atoms with Crippen molar-refractivity contribution in [2.45, 2.75) is 167 Å². The molecule has 0 aromatic rings. The van der Waals surface area contributed by atoms with E-state index < -0.39 is 0 Å². The SMILES string of the molecule is C1CCC(NC2CCCCC2)CC1.CCCCCCCCCCC[C@H](O)CC. The van der Waals surface area contributed by atoms with Crippen molar-refractivity contribution >= 4 is 0 Å². The molecule has 2 fully saturated rings. The van der Waals surface area contributed by atoms with E-state index in [0.717, 1.165) is 24.9 Å². The van der Waals surface area contributed by atoms with E-state index in [1.807, 2.05) is 0 Å². The summed E-state index contributed by atoms with van der Waals surface area (Å²) >= 11 is 0. The van der Waals surface area contributed by atoms with Gasteiger partial charge in [0.2, 0.25) is 0 Å². The highest BCUT2D eigenvalue weighted by Gasteiger charge is 2.19. The van der Waals surface area contributed by atoms with Crippen LogP contribution in [0.2, 0.25) is 0 Å². The average Bonchev–Trinajstić information content (AvgIpc) is 2.74. The summed E-state index contributed by atoms with van der Waals surface area (Å²) in [4.78, 5) is 0. The van der Waals surface area contributed by atoms with Crippen molar-refractivity contribution in [2.75, 3.05) is 0 Å². The van der Waals surface area contributed by atoms with Crippen molar-refractivity contribution < 1.29 is 5.11 Å². The number of aliphatic hydroxyl groups excluding tert-OH is 1. The molecule has 0 aromatic carbocycles. The van der Waals surface area contributed by atoms with Crippen LogP contribution in [0.3, 0.4) is 0 Å². The molecule has 0 radical (unpaired) electrons. The molecule has 2 saturated carbocycles. The third kappa shape index (κ3) is 14.9. The molecule has 28 heavy (non-hydrogen) atoms. The number of aliphatic hydroxyl groups is 1. The highest BCUT2D eigenvalue weighted by molar-refractivity contribution is 4.79. The van der Waals surface area contributed by atoms with E-state index >= 15 is 0 Å². The van der Waals surface area contributed by atoms with Crippen LogP contribution in [0.5, 0.6) is 0 Å². The third-order valence-electron chi connectivity index (χ3n) is 6.79. The van der Waals surface area contributed by atoms with Crippen LogP contribution in [0.1, 0.15) is 149 Å². The molecule has 0 amide bonds. The summed E-state index contributed by atoms with van der Waals surface area (Å²) in [6, 6.07) is 1.74. The largest absolute Gasteiger partial charge is 0.393 e. The van der Waals surface area contributed by atoms with Gasteiger partial charge in [0.1, 0.15) is 0 Å². The lowest BCUT2D eigenvalue weighted by atomic mass is 9.91. The minimum atomic E-state index is -0.0467. The van der Waals surface area contributed by atoms with Gasteiger partial charge in [-0.2, -0.15) is 0 Å². The smallest absolute Gasteiger partial charge is 0.0537 e. The molecule has 0 unspecified atom stereocenters. The Bertz CT molecular complexity index is 292. The van der Waals surface area contributed by atoms with Gasteiger partial charge in [0.25, 0.3) is 0 Å². The van der Waals surface area contributed by atoms with Gasteiger partial charge in [0.15, 0.2) is 0 Å². The van der Waals surface area contributed by atoms with Gasteiger partial charge in [-0.05, 0) is 38.5 Å². The van der Waals surface area contributed by atoms with Gasteiger partial charge < -0.3 is 10.4 Å². The zero-order valence-corrected chi connectivity index (χ0v) is 19.5. The zero-order valence-electron chi connectivity index (χ0n) is 19.5. The van der Waals surface area contributed by atoms with Crippen molar-refractivity contribution in [1.82, 2.24) is 5.32 Å². The summed E-state index contributed by atoms with van der Waals surface area (Å²) in [7, 11) is 0. The van der Waals surface area contributed by atoms with Crippen LogP contribution < -0.4 is 5.32 Å². The van der Waals surface area contributed by atoms with Gasteiger partial charge in [-0.1, -0.05) is 110 Å². The Labute approximate surface area is 177 Å². The maximum absolute atomic E-state index is 9.36. The number of unbranched alkanes of at least 4 members (excludes halogenated alkanes) is 8. The normalized spacial score (nSPS) is 19.8. The molecule has 1 atom stereocenters. The first kappa shape index (κ1) is 26.0. The Kier molecular flexibility index (Phi) is 17.5. The summed E-state index contributed by atoms with van der Waals surface area (Å²) in [5.74, 6) is 0. The topological polar surface area (TPSA) is 32.3 Å². The number of hydrogen-bond acceptors (Lipinski definition) is 2. The zero-order chi connectivity index (χ0) is 20.3. The Hall–Kier alpha value is -0.0800. The standard InChI is InChI=1S/C14H30O.C12H23N/c1-3-5-6-7-8-9-10-11-12-13-14(15)4-2;1-3-7-11(8-4-1)13-12-9-5-2-6-10-12/h14-15H,3-13H2,1-2H3;11-13H,1-10H2/t14-;/m1./s1. The Morgan fingerprint density at radius 2 is 1.07 bits per heavy atom. The minimum Gasteiger partial charge on any atom is -0.393 e. The van der Waals surface area contributed by atoms with Crippen LogP contribution in [0.4, 0.5) is 0 Å². The van der Waals surface area contributed by atoms with Crippen LogP contribution in [0, 0.1) is 0 Å². The van der Waals surface area contributed by atoms with E-state index in [1.165, 1.54) is 122 Å². The van der Waals surface area contributed by atoms with Crippen LogP contribution in [-0.4, -0.2) is 23.3 Å². The highest BCUT2D eigenvalue weighted by atomic mass is 16.3. The summed E-state index contributed by atoms with van der Waals surface area (Å²) in [5.41, 5.74) is 0. The van der Waals surface area contributed by atoms with Crippen LogP contribution in [0.25, 0.3) is 0 Å². The molecule has 2 N–H and O–H groups in total.